The lowest BCUT2D eigenvalue weighted by Crippen LogP contribution is -2.28. The zero-order valence-corrected chi connectivity index (χ0v) is 14.5. The van der Waals surface area contributed by atoms with Gasteiger partial charge in [-0.25, -0.2) is 0 Å². The molecule has 1 N–H and O–H groups in total. The molecule has 0 radical (unpaired) electrons. The molecule has 6 nitrogen and oxygen atoms in total. The highest BCUT2D eigenvalue weighted by Gasteiger charge is 2.31. The molecule has 0 bridgehead atoms. The van der Waals surface area contributed by atoms with Gasteiger partial charge in [0.2, 0.25) is 0 Å². The van der Waals surface area contributed by atoms with Gasteiger partial charge in [-0.15, -0.1) is 5.10 Å². The molecule has 0 aromatic carbocycles. The number of amides is 1. The first kappa shape index (κ1) is 15.9. The van der Waals surface area contributed by atoms with Crippen LogP contribution in [0.1, 0.15) is 46.0 Å². The summed E-state index contributed by atoms with van der Waals surface area (Å²) in [6.07, 6.45) is 1.68. The molecule has 1 amide bonds. The number of nitrogens with one attached hydrogen (secondary N) is 1. The third kappa shape index (κ3) is 3.19. The van der Waals surface area contributed by atoms with Crippen LogP contribution in [0.25, 0.3) is 0 Å². The summed E-state index contributed by atoms with van der Waals surface area (Å²) in [5.74, 6) is 0.345. The Kier molecular flexibility index (Phi) is 4.56. The molecule has 1 aliphatic heterocycles. The lowest BCUT2D eigenvalue weighted by Gasteiger charge is -2.16. The molecule has 23 heavy (non-hydrogen) atoms. The molecule has 122 valence electrons. The molecule has 0 spiro atoms. The van der Waals surface area contributed by atoms with Gasteiger partial charge in [0.15, 0.2) is 0 Å². The highest BCUT2D eigenvalue weighted by atomic mass is 32.1. The van der Waals surface area contributed by atoms with Crippen LogP contribution in [0.3, 0.4) is 0 Å². The third-order valence-corrected chi connectivity index (χ3v) is 5.00. The molecule has 1 fully saturated rings. The number of anilines is 1. The molecule has 1 unspecified atom stereocenters. The number of aromatic nitrogens is 3. The van der Waals surface area contributed by atoms with Crippen LogP contribution in [0.5, 0.6) is 0 Å². The molecule has 3 heterocycles. The summed E-state index contributed by atoms with van der Waals surface area (Å²) >= 11 is 1.20. The van der Waals surface area contributed by atoms with Gasteiger partial charge in [-0.3, -0.25) is 9.78 Å². The monoisotopic (exact) mass is 331 g/mol. The van der Waals surface area contributed by atoms with Crippen LogP contribution >= 0.6 is 11.5 Å². The van der Waals surface area contributed by atoms with Crippen molar-refractivity contribution in [3.8, 4) is 0 Å². The lowest BCUT2D eigenvalue weighted by atomic mass is 10.0. The van der Waals surface area contributed by atoms with Crippen LogP contribution < -0.4 is 5.32 Å². The van der Waals surface area contributed by atoms with Crippen molar-refractivity contribution in [3.05, 3.63) is 34.1 Å². The van der Waals surface area contributed by atoms with Crippen molar-refractivity contribution in [1.82, 2.24) is 19.5 Å². The molecule has 1 aliphatic rings. The average Bonchev–Trinajstić information content (AvgIpc) is 3.22. The van der Waals surface area contributed by atoms with Crippen molar-refractivity contribution in [2.45, 2.75) is 32.6 Å². The summed E-state index contributed by atoms with van der Waals surface area (Å²) in [6.45, 7) is 5.46. The van der Waals surface area contributed by atoms with E-state index in [1.165, 1.54) is 11.5 Å². The summed E-state index contributed by atoms with van der Waals surface area (Å²) in [6, 6.07) is 4.11. The second-order valence-electron chi connectivity index (χ2n) is 5.81. The van der Waals surface area contributed by atoms with Crippen molar-refractivity contribution in [1.29, 1.82) is 0 Å². The predicted octanol–water partition coefficient (Wildman–Crippen LogP) is 2.48. The second-order valence-corrected chi connectivity index (χ2v) is 6.57. The fourth-order valence-electron chi connectivity index (χ4n) is 2.98. The Labute approximate surface area is 140 Å². The van der Waals surface area contributed by atoms with Crippen LogP contribution in [-0.2, 0) is 6.42 Å². The smallest absolute Gasteiger partial charge is 0.267 e. The van der Waals surface area contributed by atoms with Crippen LogP contribution in [-0.4, -0.2) is 45.5 Å². The predicted molar refractivity (Wildman–Crippen MR) is 91.1 cm³/mol. The Balaban J connectivity index is 1.76. The van der Waals surface area contributed by atoms with Gasteiger partial charge in [0.25, 0.3) is 5.91 Å². The zero-order chi connectivity index (χ0) is 16.4. The lowest BCUT2D eigenvalue weighted by molar-refractivity contribution is 0.0794. The number of hydrogen-bond donors (Lipinski definition) is 1. The zero-order valence-electron chi connectivity index (χ0n) is 13.7. The number of aryl methyl sites for hydroxylation is 2. The van der Waals surface area contributed by atoms with Gasteiger partial charge in [-0.2, -0.15) is 0 Å². The molecule has 0 aliphatic carbocycles. The van der Waals surface area contributed by atoms with E-state index in [-0.39, 0.29) is 11.8 Å². The van der Waals surface area contributed by atoms with Crippen LogP contribution in [0.15, 0.2) is 12.1 Å². The molecular formula is C16H21N5OS. The molecule has 7 heteroatoms. The van der Waals surface area contributed by atoms with Crippen molar-refractivity contribution >= 4 is 23.1 Å². The van der Waals surface area contributed by atoms with E-state index in [1.54, 1.807) is 0 Å². The standard InChI is InChI=1S/C16H21N5OS/c1-4-13-15(23-20-19-13)16(22)21-6-5-11(9-21)14-8-12(17-3)7-10(2)18-14/h7-8,11H,4-6,9H2,1-3H3,(H,17,18). The van der Waals surface area contributed by atoms with E-state index < -0.39 is 0 Å². The topological polar surface area (TPSA) is 71.0 Å². The van der Waals surface area contributed by atoms with E-state index in [1.807, 2.05) is 31.9 Å². The Morgan fingerprint density at radius 2 is 2.30 bits per heavy atom. The number of hydrogen-bond acceptors (Lipinski definition) is 6. The van der Waals surface area contributed by atoms with Gasteiger partial charge in [-0.1, -0.05) is 11.4 Å². The van der Waals surface area contributed by atoms with Gasteiger partial charge in [-0.05, 0) is 43.4 Å². The van der Waals surface area contributed by atoms with Crippen molar-refractivity contribution in [2.24, 2.45) is 0 Å². The summed E-state index contributed by atoms with van der Waals surface area (Å²) in [5.41, 5.74) is 3.92. The Morgan fingerprint density at radius 1 is 1.48 bits per heavy atom. The van der Waals surface area contributed by atoms with Gasteiger partial charge >= 0.3 is 0 Å². The van der Waals surface area contributed by atoms with E-state index in [9.17, 15) is 4.79 Å². The summed E-state index contributed by atoms with van der Waals surface area (Å²) in [5, 5.41) is 7.21. The summed E-state index contributed by atoms with van der Waals surface area (Å²) in [7, 11) is 1.91. The minimum Gasteiger partial charge on any atom is -0.388 e. The first-order valence-corrected chi connectivity index (χ1v) is 8.66. The van der Waals surface area contributed by atoms with Crippen LogP contribution in [0.2, 0.25) is 0 Å². The van der Waals surface area contributed by atoms with E-state index in [4.69, 9.17) is 0 Å². The first-order chi connectivity index (χ1) is 11.1. The third-order valence-electron chi connectivity index (χ3n) is 4.24. The number of rotatable bonds is 4. The summed E-state index contributed by atoms with van der Waals surface area (Å²) in [4.78, 5) is 19.9. The fourth-order valence-corrected chi connectivity index (χ4v) is 3.70. The highest BCUT2D eigenvalue weighted by Crippen LogP contribution is 2.29. The number of likely N-dealkylation sites (tertiary alicyclic amines) is 1. The van der Waals surface area contributed by atoms with Gasteiger partial charge in [0.1, 0.15) is 4.88 Å². The number of pyridine rings is 1. The molecule has 3 rings (SSSR count). The molecular weight excluding hydrogens is 310 g/mol. The molecule has 2 aromatic rings. The Hall–Kier alpha value is -2.02. The molecule has 1 atom stereocenters. The van der Waals surface area contributed by atoms with E-state index in [0.29, 0.717) is 11.4 Å². The highest BCUT2D eigenvalue weighted by molar-refractivity contribution is 7.08. The minimum atomic E-state index is 0.0563. The van der Waals surface area contributed by atoms with Gasteiger partial charge in [0.05, 0.1) is 5.69 Å². The Bertz CT molecular complexity index is 714. The molecule has 1 saturated heterocycles. The van der Waals surface area contributed by atoms with Gasteiger partial charge in [0, 0.05) is 43.1 Å². The second kappa shape index (κ2) is 6.62. The molecule has 2 aromatic heterocycles. The van der Waals surface area contributed by atoms with E-state index >= 15 is 0 Å². The summed E-state index contributed by atoms with van der Waals surface area (Å²) < 4.78 is 3.92. The van der Waals surface area contributed by atoms with Gasteiger partial charge < -0.3 is 10.2 Å². The quantitative estimate of drug-likeness (QED) is 0.932. The normalized spacial score (nSPS) is 17.5. The maximum atomic E-state index is 12.7. The molecule has 0 saturated carbocycles. The van der Waals surface area contributed by atoms with Crippen molar-refractivity contribution < 1.29 is 4.79 Å². The maximum Gasteiger partial charge on any atom is 0.267 e. The number of carbonyl (C=O) groups is 1. The largest absolute Gasteiger partial charge is 0.388 e. The van der Waals surface area contributed by atoms with Crippen molar-refractivity contribution in [3.63, 3.8) is 0 Å². The first-order valence-electron chi connectivity index (χ1n) is 7.89. The Morgan fingerprint density at radius 3 is 3.04 bits per heavy atom. The SMILES string of the molecule is CCc1nnsc1C(=O)N1CCC(c2cc(NC)cc(C)n2)C1. The average molecular weight is 331 g/mol. The van der Waals surface area contributed by atoms with E-state index in [0.717, 1.165) is 42.2 Å². The fraction of sp³-hybridized carbons (Fsp3) is 0.500. The number of carbonyl (C=O) groups excluding carboxylic acids is 1. The van der Waals surface area contributed by atoms with Crippen LogP contribution in [0, 0.1) is 6.92 Å². The minimum absolute atomic E-state index is 0.0563. The maximum absolute atomic E-state index is 12.7. The van der Waals surface area contributed by atoms with Crippen LogP contribution in [0.4, 0.5) is 5.69 Å². The van der Waals surface area contributed by atoms with E-state index in [2.05, 4.69) is 26.0 Å². The van der Waals surface area contributed by atoms with Crippen molar-refractivity contribution in [2.75, 3.05) is 25.5 Å². The number of nitrogens with zero attached hydrogens (tertiary/aromatic N) is 4.